The van der Waals surface area contributed by atoms with Gasteiger partial charge >= 0.3 is 0 Å². The molecule has 1 aromatic carbocycles. The van der Waals surface area contributed by atoms with Crippen molar-refractivity contribution in [2.24, 2.45) is 0 Å². The van der Waals surface area contributed by atoms with E-state index in [1.807, 2.05) is 6.07 Å². The molecule has 0 fully saturated rings. The van der Waals surface area contributed by atoms with Crippen LogP contribution in [0.2, 0.25) is 5.02 Å². The lowest BCUT2D eigenvalue weighted by atomic mass is 10.3. The van der Waals surface area contributed by atoms with Crippen LogP contribution in [0, 0.1) is 5.82 Å². The van der Waals surface area contributed by atoms with Crippen molar-refractivity contribution >= 4 is 23.4 Å². The smallest absolute Gasteiger partial charge is 0.136 e. The first kappa shape index (κ1) is 11.4. The van der Waals surface area contributed by atoms with Crippen LogP contribution in [0.25, 0.3) is 0 Å². The SMILES string of the molecule is Fc1ccccc1SCc1cc(Cl)ccn1. The second-order valence-corrected chi connectivity index (χ2v) is 4.64. The summed E-state index contributed by atoms with van der Waals surface area (Å²) in [4.78, 5) is 4.79. The minimum absolute atomic E-state index is 0.200. The van der Waals surface area contributed by atoms with Gasteiger partial charge in [0.25, 0.3) is 0 Å². The van der Waals surface area contributed by atoms with Crippen molar-refractivity contribution in [1.29, 1.82) is 0 Å². The van der Waals surface area contributed by atoms with E-state index >= 15 is 0 Å². The summed E-state index contributed by atoms with van der Waals surface area (Å²) in [5.74, 6) is 0.413. The van der Waals surface area contributed by atoms with Crippen molar-refractivity contribution in [2.75, 3.05) is 0 Å². The molecule has 0 radical (unpaired) electrons. The Kier molecular flexibility index (Phi) is 3.80. The summed E-state index contributed by atoms with van der Waals surface area (Å²) in [5.41, 5.74) is 0.848. The fourth-order valence-corrected chi connectivity index (χ4v) is 2.27. The Labute approximate surface area is 103 Å². The first-order chi connectivity index (χ1) is 7.75. The predicted molar refractivity (Wildman–Crippen MR) is 65.2 cm³/mol. The number of rotatable bonds is 3. The quantitative estimate of drug-likeness (QED) is 0.762. The normalized spacial score (nSPS) is 10.4. The molecular weight excluding hydrogens is 245 g/mol. The maximum atomic E-state index is 13.3. The van der Waals surface area contributed by atoms with Gasteiger partial charge in [-0.2, -0.15) is 0 Å². The van der Waals surface area contributed by atoms with Crippen molar-refractivity contribution in [3.63, 3.8) is 0 Å². The van der Waals surface area contributed by atoms with Gasteiger partial charge in [-0.3, -0.25) is 4.98 Å². The van der Waals surface area contributed by atoms with E-state index in [0.29, 0.717) is 15.7 Å². The topological polar surface area (TPSA) is 12.9 Å². The van der Waals surface area contributed by atoms with Crippen molar-refractivity contribution in [3.05, 3.63) is 59.1 Å². The molecule has 0 saturated carbocycles. The van der Waals surface area contributed by atoms with E-state index in [1.54, 1.807) is 30.5 Å². The van der Waals surface area contributed by atoms with Crippen molar-refractivity contribution < 1.29 is 4.39 Å². The van der Waals surface area contributed by atoms with Crippen molar-refractivity contribution in [2.45, 2.75) is 10.6 Å². The molecule has 0 aliphatic heterocycles. The van der Waals surface area contributed by atoms with Crippen LogP contribution in [0.5, 0.6) is 0 Å². The summed E-state index contributed by atoms with van der Waals surface area (Å²) in [6, 6.07) is 10.2. The number of halogens is 2. The van der Waals surface area contributed by atoms with Gasteiger partial charge in [-0.25, -0.2) is 4.39 Å². The highest BCUT2D eigenvalue weighted by atomic mass is 35.5. The number of nitrogens with zero attached hydrogens (tertiary/aromatic N) is 1. The molecular formula is C12H9ClFNS. The van der Waals surface area contributed by atoms with Gasteiger partial charge in [-0.15, -0.1) is 11.8 Å². The third-order valence-corrected chi connectivity index (χ3v) is 3.31. The molecule has 0 N–H and O–H groups in total. The Morgan fingerprint density at radius 3 is 2.81 bits per heavy atom. The fraction of sp³-hybridized carbons (Fsp3) is 0.0833. The summed E-state index contributed by atoms with van der Waals surface area (Å²) in [6.07, 6.45) is 1.65. The Balaban J connectivity index is 2.05. The zero-order chi connectivity index (χ0) is 11.4. The van der Waals surface area contributed by atoms with Gasteiger partial charge in [0.1, 0.15) is 5.82 Å². The molecule has 16 heavy (non-hydrogen) atoms. The average Bonchev–Trinajstić information content (AvgIpc) is 2.28. The number of thioether (sulfide) groups is 1. The van der Waals surface area contributed by atoms with E-state index in [-0.39, 0.29) is 5.82 Å². The second kappa shape index (κ2) is 5.32. The van der Waals surface area contributed by atoms with E-state index in [1.165, 1.54) is 17.8 Å². The molecule has 0 atom stereocenters. The van der Waals surface area contributed by atoms with Crippen LogP contribution in [-0.4, -0.2) is 4.98 Å². The van der Waals surface area contributed by atoms with Gasteiger partial charge in [-0.1, -0.05) is 23.7 Å². The van der Waals surface area contributed by atoms with Gasteiger partial charge in [0.05, 0.1) is 5.69 Å². The van der Waals surface area contributed by atoms with Gasteiger partial charge in [0.2, 0.25) is 0 Å². The molecule has 4 heteroatoms. The highest BCUT2D eigenvalue weighted by molar-refractivity contribution is 7.98. The lowest BCUT2D eigenvalue weighted by Gasteiger charge is -2.02. The van der Waals surface area contributed by atoms with Crippen LogP contribution >= 0.6 is 23.4 Å². The maximum absolute atomic E-state index is 13.3. The highest BCUT2D eigenvalue weighted by Gasteiger charge is 2.02. The molecule has 0 spiro atoms. The van der Waals surface area contributed by atoms with E-state index in [0.717, 1.165) is 5.69 Å². The number of hydrogen-bond donors (Lipinski definition) is 0. The third kappa shape index (κ3) is 2.97. The minimum Gasteiger partial charge on any atom is -0.260 e. The van der Waals surface area contributed by atoms with Crippen LogP contribution in [0.4, 0.5) is 4.39 Å². The number of hydrogen-bond acceptors (Lipinski definition) is 2. The van der Waals surface area contributed by atoms with Gasteiger partial charge in [-0.05, 0) is 24.3 Å². The molecule has 0 saturated heterocycles. The van der Waals surface area contributed by atoms with E-state index in [2.05, 4.69) is 4.98 Å². The minimum atomic E-state index is -0.200. The fourth-order valence-electron chi connectivity index (χ4n) is 1.24. The summed E-state index contributed by atoms with van der Waals surface area (Å²) in [5, 5.41) is 0.652. The number of pyridine rings is 1. The molecule has 0 unspecified atom stereocenters. The van der Waals surface area contributed by atoms with Crippen LogP contribution in [0.15, 0.2) is 47.5 Å². The van der Waals surface area contributed by atoms with Crippen molar-refractivity contribution in [3.8, 4) is 0 Å². The molecule has 1 aromatic heterocycles. The lowest BCUT2D eigenvalue weighted by Crippen LogP contribution is -1.87. The van der Waals surface area contributed by atoms with Crippen molar-refractivity contribution in [1.82, 2.24) is 4.98 Å². The maximum Gasteiger partial charge on any atom is 0.136 e. The Bertz CT molecular complexity index is 490. The lowest BCUT2D eigenvalue weighted by molar-refractivity contribution is 0.602. The molecule has 2 aromatic rings. The molecule has 0 aliphatic carbocycles. The third-order valence-electron chi connectivity index (χ3n) is 1.99. The number of aromatic nitrogens is 1. The molecule has 1 nitrogen and oxygen atoms in total. The average molecular weight is 254 g/mol. The molecule has 0 amide bonds. The largest absolute Gasteiger partial charge is 0.260 e. The van der Waals surface area contributed by atoms with Crippen LogP contribution in [-0.2, 0) is 5.75 Å². The summed E-state index contributed by atoms with van der Waals surface area (Å²) < 4.78 is 13.3. The van der Waals surface area contributed by atoms with E-state index in [9.17, 15) is 4.39 Å². The van der Waals surface area contributed by atoms with Gasteiger partial charge < -0.3 is 0 Å². The van der Waals surface area contributed by atoms with Gasteiger partial charge in [0.15, 0.2) is 0 Å². The summed E-state index contributed by atoms with van der Waals surface area (Å²) in [7, 11) is 0. The van der Waals surface area contributed by atoms with Crippen LogP contribution in [0.1, 0.15) is 5.69 Å². The Hall–Kier alpha value is -1.06. The van der Waals surface area contributed by atoms with E-state index in [4.69, 9.17) is 11.6 Å². The van der Waals surface area contributed by atoms with Gasteiger partial charge in [0, 0.05) is 21.9 Å². The molecule has 1 heterocycles. The van der Waals surface area contributed by atoms with Crippen LogP contribution < -0.4 is 0 Å². The van der Waals surface area contributed by atoms with E-state index < -0.39 is 0 Å². The second-order valence-electron chi connectivity index (χ2n) is 3.18. The highest BCUT2D eigenvalue weighted by Crippen LogP contribution is 2.25. The number of benzene rings is 1. The monoisotopic (exact) mass is 253 g/mol. The molecule has 2 rings (SSSR count). The first-order valence-electron chi connectivity index (χ1n) is 4.73. The first-order valence-corrected chi connectivity index (χ1v) is 6.10. The molecule has 82 valence electrons. The standard InChI is InChI=1S/C12H9ClFNS/c13-9-5-6-15-10(7-9)8-16-12-4-2-1-3-11(12)14/h1-7H,8H2. The van der Waals surface area contributed by atoms with Crippen LogP contribution in [0.3, 0.4) is 0 Å². The Morgan fingerprint density at radius 2 is 2.06 bits per heavy atom. The molecule has 0 bridgehead atoms. The predicted octanol–water partition coefficient (Wildman–Crippen LogP) is 4.17. The summed E-state index contributed by atoms with van der Waals surface area (Å²) in [6.45, 7) is 0. The Morgan fingerprint density at radius 1 is 1.25 bits per heavy atom. The zero-order valence-corrected chi connectivity index (χ0v) is 9.93. The summed E-state index contributed by atoms with van der Waals surface area (Å²) >= 11 is 7.25. The zero-order valence-electron chi connectivity index (χ0n) is 8.36. The molecule has 0 aliphatic rings.